The maximum atomic E-state index is 11.3. The van der Waals surface area contributed by atoms with Crippen molar-refractivity contribution < 1.29 is 24.1 Å². The van der Waals surface area contributed by atoms with Gasteiger partial charge >= 0.3 is 5.97 Å². The molecule has 1 N–H and O–H groups in total. The number of unbranched alkanes of at least 4 members (excludes halogenated alkanes) is 1. The van der Waals surface area contributed by atoms with Crippen molar-refractivity contribution in [1.82, 2.24) is 0 Å². The summed E-state index contributed by atoms with van der Waals surface area (Å²) >= 11 is 0. The SMILES string of the molecule is CCCCc1ccc2c(c1)C(OCCOc1ccc(CC(OC)C(=O)O)cc1)c1ccc(-c3ccccc3)cc1C=C2. The average molecular weight is 563 g/mol. The van der Waals surface area contributed by atoms with Crippen molar-refractivity contribution in [3.8, 4) is 16.9 Å². The zero-order valence-electron chi connectivity index (χ0n) is 24.3. The first-order chi connectivity index (χ1) is 20.6. The van der Waals surface area contributed by atoms with E-state index in [9.17, 15) is 9.90 Å². The Labute approximate surface area is 248 Å². The van der Waals surface area contributed by atoms with Gasteiger partial charge < -0.3 is 19.3 Å². The molecule has 0 amide bonds. The molecule has 1 aliphatic carbocycles. The maximum absolute atomic E-state index is 11.3. The van der Waals surface area contributed by atoms with Crippen molar-refractivity contribution in [2.75, 3.05) is 20.3 Å². The molecule has 2 unspecified atom stereocenters. The molecule has 0 saturated heterocycles. The van der Waals surface area contributed by atoms with E-state index in [1.54, 1.807) is 0 Å². The molecule has 42 heavy (non-hydrogen) atoms. The lowest BCUT2D eigenvalue weighted by atomic mass is 9.92. The van der Waals surface area contributed by atoms with Gasteiger partial charge in [0.15, 0.2) is 6.10 Å². The quantitative estimate of drug-likeness (QED) is 0.167. The molecule has 2 atom stereocenters. The van der Waals surface area contributed by atoms with E-state index in [-0.39, 0.29) is 6.10 Å². The van der Waals surface area contributed by atoms with Gasteiger partial charge in [0.2, 0.25) is 0 Å². The van der Waals surface area contributed by atoms with Crippen LogP contribution in [0, 0.1) is 0 Å². The molecule has 0 aliphatic heterocycles. The van der Waals surface area contributed by atoms with E-state index in [4.69, 9.17) is 14.2 Å². The Morgan fingerprint density at radius 3 is 2.31 bits per heavy atom. The Kier molecular flexibility index (Phi) is 9.86. The molecular weight excluding hydrogens is 524 g/mol. The van der Waals surface area contributed by atoms with Crippen LogP contribution in [0.1, 0.15) is 59.3 Å². The first-order valence-corrected chi connectivity index (χ1v) is 14.6. The van der Waals surface area contributed by atoms with Gasteiger partial charge in [-0.1, -0.05) is 98.3 Å². The second kappa shape index (κ2) is 14.1. The van der Waals surface area contributed by atoms with Gasteiger partial charge in [-0.25, -0.2) is 4.79 Å². The molecule has 0 fully saturated rings. The van der Waals surface area contributed by atoms with Gasteiger partial charge in [-0.15, -0.1) is 0 Å². The normalized spacial score (nSPS) is 14.5. The number of aliphatic carboxylic acids is 1. The van der Waals surface area contributed by atoms with Crippen LogP contribution in [0.5, 0.6) is 5.75 Å². The van der Waals surface area contributed by atoms with Crippen molar-refractivity contribution in [2.45, 2.75) is 44.8 Å². The number of methoxy groups -OCH3 is 1. The molecule has 0 saturated carbocycles. The third kappa shape index (κ3) is 7.17. The average Bonchev–Trinajstić information content (AvgIpc) is 3.17. The van der Waals surface area contributed by atoms with E-state index in [0.29, 0.717) is 25.4 Å². The number of ether oxygens (including phenoxy) is 3. The first-order valence-electron chi connectivity index (χ1n) is 14.6. The molecule has 0 spiro atoms. The predicted molar refractivity (Wildman–Crippen MR) is 168 cm³/mol. The summed E-state index contributed by atoms with van der Waals surface area (Å²) in [6.45, 7) is 3.02. The van der Waals surface area contributed by atoms with Gasteiger partial charge in [0.05, 0.1) is 6.61 Å². The highest BCUT2D eigenvalue weighted by Gasteiger charge is 2.23. The lowest BCUT2D eigenvalue weighted by Crippen LogP contribution is -2.24. The third-order valence-electron chi connectivity index (χ3n) is 7.71. The van der Waals surface area contributed by atoms with Crippen LogP contribution in [0.15, 0.2) is 91.0 Å². The number of carboxylic acid groups (broad SMARTS) is 1. The van der Waals surface area contributed by atoms with Crippen molar-refractivity contribution >= 4 is 18.1 Å². The molecular formula is C37H38O5. The summed E-state index contributed by atoms with van der Waals surface area (Å²) in [6.07, 6.45) is 6.99. The van der Waals surface area contributed by atoms with Crippen LogP contribution >= 0.6 is 0 Å². The number of carboxylic acids is 1. The number of rotatable bonds is 13. The van der Waals surface area contributed by atoms with Gasteiger partial charge in [-0.05, 0) is 75.5 Å². The fourth-order valence-electron chi connectivity index (χ4n) is 5.37. The Morgan fingerprint density at radius 1 is 0.810 bits per heavy atom. The van der Waals surface area contributed by atoms with Crippen molar-refractivity contribution in [2.24, 2.45) is 0 Å². The summed E-state index contributed by atoms with van der Waals surface area (Å²) in [6, 6.07) is 31.3. The highest BCUT2D eigenvalue weighted by atomic mass is 16.5. The van der Waals surface area contributed by atoms with Crippen LogP contribution in [0.4, 0.5) is 0 Å². The van der Waals surface area contributed by atoms with Gasteiger partial charge in [-0.2, -0.15) is 0 Å². The van der Waals surface area contributed by atoms with Crippen LogP contribution < -0.4 is 4.74 Å². The van der Waals surface area contributed by atoms with Crippen molar-refractivity contribution in [3.63, 3.8) is 0 Å². The minimum absolute atomic E-state index is 0.218. The number of hydrogen-bond acceptors (Lipinski definition) is 4. The van der Waals surface area contributed by atoms with Crippen LogP contribution in [0.25, 0.3) is 23.3 Å². The van der Waals surface area contributed by atoms with E-state index >= 15 is 0 Å². The monoisotopic (exact) mass is 562 g/mol. The third-order valence-corrected chi connectivity index (χ3v) is 7.71. The lowest BCUT2D eigenvalue weighted by Gasteiger charge is -2.22. The second-order valence-electron chi connectivity index (χ2n) is 10.6. The predicted octanol–water partition coefficient (Wildman–Crippen LogP) is 8.01. The van der Waals surface area contributed by atoms with E-state index in [1.807, 2.05) is 30.3 Å². The molecule has 4 aromatic carbocycles. The molecule has 0 aromatic heterocycles. The van der Waals surface area contributed by atoms with Gasteiger partial charge in [0.1, 0.15) is 18.5 Å². The molecule has 0 radical (unpaired) electrons. The first kappa shape index (κ1) is 29.3. The summed E-state index contributed by atoms with van der Waals surface area (Å²) in [4.78, 5) is 11.3. The molecule has 5 nitrogen and oxygen atoms in total. The fraction of sp³-hybridized carbons (Fsp3) is 0.270. The summed E-state index contributed by atoms with van der Waals surface area (Å²) < 4.78 is 17.7. The summed E-state index contributed by atoms with van der Waals surface area (Å²) in [5.41, 5.74) is 9.23. The topological polar surface area (TPSA) is 65.0 Å². The molecule has 5 heteroatoms. The molecule has 0 bridgehead atoms. The molecule has 4 aromatic rings. The van der Waals surface area contributed by atoms with Gasteiger partial charge in [0, 0.05) is 13.5 Å². The summed E-state index contributed by atoms with van der Waals surface area (Å²) in [5.74, 6) is -0.259. The Morgan fingerprint density at radius 2 is 1.57 bits per heavy atom. The van der Waals surface area contributed by atoms with E-state index in [1.165, 1.54) is 34.9 Å². The maximum Gasteiger partial charge on any atom is 0.333 e. The van der Waals surface area contributed by atoms with E-state index < -0.39 is 12.1 Å². The Bertz CT molecular complexity index is 1510. The Hall–Kier alpha value is -4.19. The van der Waals surface area contributed by atoms with E-state index in [2.05, 4.69) is 79.7 Å². The molecule has 216 valence electrons. The fourth-order valence-corrected chi connectivity index (χ4v) is 5.37. The standard InChI is InChI=1S/C37H38O5/c1-3-4-8-26-11-14-29-15-16-31-25-30(28-9-6-5-7-10-28)17-20-33(31)36(34(29)23-26)42-22-21-41-32-18-12-27(13-19-32)24-35(40-2)37(38)39/h5-7,9-20,23,25,35-36H,3-4,8,21-22,24H2,1-2H3,(H,38,39). The van der Waals surface area contributed by atoms with Gasteiger partial charge in [0.25, 0.3) is 0 Å². The second-order valence-corrected chi connectivity index (χ2v) is 10.6. The minimum atomic E-state index is -0.972. The molecule has 1 aliphatic rings. The zero-order valence-corrected chi connectivity index (χ0v) is 24.3. The van der Waals surface area contributed by atoms with Gasteiger partial charge in [-0.3, -0.25) is 0 Å². The lowest BCUT2D eigenvalue weighted by molar-refractivity contribution is -0.148. The minimum Gasteiger partial charge on any atom is -0.491 e. The summed E-state index contributed by atoms with van der Waals surface area (Å²) in [7, 11) is 1.41. The number of benzene rings is 4. The number of fused-ring (bicyclic) bond motifs is 2. The summed E-state index contributed by atoms with van der Waals surface area (Å²) in [5, 5.41) is 9.23. The molecule has 0 heterocycles. The van der Waals surface area contributed by atoms with Crippen LogP contribution in [-0.4, -0.2) is 37.5 Å². The van der Waals surface area contributed by atoms with Crippen LogP contribution in [0.3, 0.4) is 0 Å². The highest BCUT2D eigenvalue weighted by Crippen LogP contribution is 2.38. The number of carbonyl (C=O) groups is 1. The van der Waals surface area contributed by atoms with Crippen molar-refractivity contribution in [3.05, 3.63) is 124 Å². The van der Waals surface area contributed by atoms with Crippen molar-refractivity contribution in [1.29, 1.82) is 0 Å². The smallest absolute Gasteiger partial charge is 0.333 e. The largest absolute Gasteiger partial charge is 0.491 e. The van der Waals surface area contributed by atoms with Crippen LogP contribution in [0.2, 0.25) is 0 Å². The van der Waals surface area contributed by atoms with Crippen LogP contribution in [-0.2, 0) is 27.1 Å². The Balaban J connectivity index is 1.33. The number of aryl methyl sites for hydroxylation is 1. The number of hydrogen-bond donors (Lipinski definition) is 1. The molecule has 5 rings (SSSR count). The zero-order chi connectivity index (χ0) is 29.3. The van der Waals surface area contributed by atoms with E-state index in [0.717, 1.165) is 36.0 Å². The highest BCUT2D eigenvalue weighted by molar-refractivity contribution is 5.79.